The molecule has 0 saturated heterocycles. The van der Waals surface area contributed by atoms with Crippen molar-refractivity contribution in [3.63, 3.8) is 0 Å². The van der Waals surface area contributed by atoms with Crippen molar-refractivity contribution in [2.45, 2.75) is 31.3 Å². The Bertz CT molecular complexity index is 306. The van der Waals surface area contributed by atoms with Crippen LogP contribution >= 0.6 is 0 Å². The molecule has 10 nitrogen and oxygen atoms in total. The maximum Gasteiger partial charge on any atom is 0.0470 e. The molecule has 0 aliphatic carbocycles. The first-order valence-corrected chi connectivity index (χ1v) is 8.46. The van der Waals surface area contributed by atoms with Crippen LogP contribution in [0.2, 0.25) is 0 Å². The molecule has 0 bridgehead atoms. The van der Waals surface area contributed by atoms with Crippen LogP contribution in [-0.4, -0.2) is 49.7 Å². The molecule has 0 heterocycles. The third-order valence-corrected chi connectivity index (χ3v) is 3.49. The van der Waals surface area contributed by atoms with Crippen LogP contribution in [-0.2, 0) is 59.3 Å². The van der Waals surface area contributed by atoms with Crippen LogP contribution in [0.3, 0.4) is 0 Å². The number of hydrogen-bond donors (Lipinski definition) is 4. The van der Waals surface area contributed by atoms with Gasteiger partial charge in [0.2, 0.25) is 0 Å². The van der Waals surface area contributed by atoms with Gasteiger partial charge in [-0.3, -0.25) is 0 Å². The molecule has 0 aromatic rings. The largest absolute Gasteiger partial charge is 0.550 e. The molecular weight excluding hydrogens is 674 g/mol. The second kappa shape index (κ2) is 21.5. The van der Waals surface area contributed by atoms with Gasteiger partial charge >= 0.3 is 120 Å². The molecule has 0 spiro atoms. The van der Waals surface area contributed by atoms with Gasteiger partial charge in [0.1, 0.15) is 0 Å². The molecule has 12 heteroatoms. The molecule has 2 unspecified atom stereocenters. The SMILES string of the molecule is NCCC(C=O)[NH][Pt+].NCCC(C=O)[NH][Pt+].O=C([O-])CC(=O)[O-]. The van der Waals surface area contributed by atoms with Gasteiger partial charge in [-0.05, 0) is 0 Å². The van der Waals surface area contributed by atoms with Crippen molar-refractivity contribution in [2.75, 3.05) is 13.1 Å². The minimum Gasteiger partial charge on any atom is -0.550 e. The molecule has 6 N–H and O–H groups in total. The van der Waals surface area contributed by atoms with Crippen molar-refractivity contribution in [3.05, 3.63) is 0 Å². The molecule has 0 aromatic heterocycles. The summed E-state index contributed by atoms with van der Waals surface area (Å²) in [5, 5.41) is 18.6. The zero-order valence-electron chi connectivity index (χ0n) is 12.1. The van der Waals surface area contributed by atoms with Crippen LogP contribution in [0.25, 0.3) is 0 Å². The van der Waals surface area contributed by atoms with Crippen molar-refractivity contribution < 1.29 is 69.5 Å². The smallest absolute Gasteiger partial charge is 0.0470 e. The van der Waals surface area contributed by atoms with E-state index in [-0.39, 0.29) is 12.1 Å². The summed E-state index contributed by atoms with van der Waals surface area (Å²) in [6, 6.07) is -0.136. The molecule has 0 fully saturated rings. The molecule has 23 heavy (non-hydrogen) atoms. The van der Waals surface area contributed by atoms with Gasteiger partial charge in [0, 0.05) is 18.4 Å². The first kappa shape index (κ1) is 27.3. The van der Waals surface area contributed by atoms with Gasteiger partial charge in [0.25, 0.3) is 0 Å². The van der Waals surface area contributed by atoms with Crippen LogP contribution in [0.4, 0.5) is 0 Å². The van der Waals surface area contributed by atoms with Crippen molar-refractivity contribution >= 4 is 24.5 Å². The average molecular weight is 694 g/mol. The van der Waals surface area contributed by atoms with Crippen molar-refractivity contribution in [2.24, 2.45) is 11.5 Å². The number of nitrogens with one attached hydrogen (secondary N) is 2. The number of carbonyl (C=O) groups excluding carboxylic acids is 4. The summed E-state index contributed by atoms with van der Waals surface area (Å²) in [5.41, 5.74) is 10.4. The van der Waals surface area contributed by atoms with E-state index in [2.05, 4.69) is 7.75 Å². The molecule has 0 radical (unpaired) electrons. The Labute approximate surface area is 157 Å². The number of carboxylic acids is 2. The maximum absolute atomic E-state index is 10.0. The Balaban J connectivity index is -0.000000262. The van der Waals surface area contributed by atoms with Gasteiger partial charge < -0.3 is 19.8 Å². The monoisotopic (exact) mass is 694 g/mol. The summed E-state index contributed by atoms with van der Waals surface area (Å²) in [6.45, 7) is 1.11. The van der Waals surface area contributed by atoms with Crippen LogP contribution in [0.1, 0.15) is 19.3 Å². The zero-order valence-corrected chi connectivity index (χ0v) is 16.6. The maximum atomic E-state index is 10.0. The second-order valence-corrected chi connectivity index (χ2v) is 5.06. The summed E-state index contributed by atoms with van der Waals surface area (Å²) in [5.74, 6) is -3.25. The molecule has 0 aromatic carbocycles. The third-order valence-electron chi connectivity index (χ3n) is 1.81. The van der Waals surface area contributed by atoms with Crippen LogP contribution < -0.4 is 29.4 Å². The number of hydrogen-bond acceptors (Lipinski definition) is 10. The molecule has 0 aliphatic rings. The predicted molar refractivity (Wildman–Crippen MR) is 67.9 cm³/mol. The van der Waals surface area contributed by atoms with E-state index >= 15 is 0 Å². The van der Waals surface area contributed by atoms with Gasteiger partial charge in [-0.25, -0.2) is 0 Å². The summed E-state index contributed by atoms with van der Waals surface area (Å²) in [7, 11) is 0. The number of carbonyl (C=O) groups is 4. The van der Waals surface area contributed by atoms with E-state index in [1.807, 2.05) is 40.1 Å². The Morgan fingerprint density at radius 3 is 1.26 bits per heavy atom. The average Bonchev–Trinajstić information content (AvgIpc) is 2.50. The number of aliphatic carboxylic acids is 2. The Morgan fingerprint density at radius 2 is 1.22 bits per heavy atom. The fraction of sp³-hybridized carbons (Fsp3) is 0.636. The Morgan fingerprint density at radius 1 is 0.913 bits per heavy atom. The first-order chi connectivity index (χ1) is 10.8. The summed E-state index contributed by atoms with van der Waals surface area (Å²) in [6.07, 6.45) is 2.12. The molecule has 0 aliphatic heterocycles. The number of nitrogens with two attached hydrogens (primary N) is 2. The zero-order chi connectivity index (χ0) is 18.7. The first-order valence-electron chi connectivity index (χ1n) is 6.19. The summed E-state index contributed by atoms with van der Waals surface area (Å²) >= 11 is 3.84. The standard InChI is InChI=1S/2C4H9N2O.C3H4O4.2Pt/c2*5-2-1-4(6)3-7;4-2(5)1-3(6)7;;/h2*3-4,6H,1-2,5H2;1H2,(H,4,5)(H,6,7);;/q2*-1;;2*+2/p-2. The topological polar surface area (TPSA) is 190 Å². The fourth-order valence-corrected chi connectivity index (χ4v) is 1.71. The molecule has 2 atom stereocenters. The van der Waals surface area contributed by atoms with Gasteiger partial charge in [-0.2, -0.15) is 0 Å². The molecular formula is C11H20N4O6Pt2. The third kappa shape index (κ3) is 26.7. The van der Waals surface area contributed by atoms with Crippen LogP contribution in [0, 0.1) is 0 Å². The molecule has 0 rings (SSSR count). The van der Waals surface area contributed by atoms with E-state index in [0.29, 0.717) is 25.9 Å². The number of aldehydes is 2. The van der Waals surface area contributed by atoms with Gasteiger partial charge in [-0.1, -0.05) is 0 Å². The normalized spacial score (nSPS) is 11.7. The van der Waals surface area contributed by atoms with Crippen LogP contribution in [0.15, 0.2) is 0 Å². The van der Waals surface area contributed by atoms with Crippen molar-refractivity contribution in [1.82, 2.24) is 7.75 Å². The Hall–Kier alpha value is -0.503. The van der Waals surface area contributed by atoms with Gasteiger partial charge in [0.05, 0.1) is 0 Å². The summed E-state index contributed by atoms with van der Waals surface area (Å²) < 4.78 is 5.55. The van der Waals surface area contributed by atoms with Crippen molar-refractivity contribution in [3.8, 4) is 0 Å². The number of rotatable bonds is 10. The molecule has 140 valence electrons. The molecule has 0 saturated carbocycles. The molecule has 0 amide bonds. The number of carboxylic acid groups (broad SMARTS) is 2. The van der Waals surface area contributed by atoms with Gasteiger partial charge in [0.15, 0.2) is 0 Å². The Kier molecular flexibility index (Phi) is 25.6. The predicted octanol–water partition coefficient (Wildman–Crippen LogP) is -5.22. The second-order valence-electron chi connectivity index (χ2n) is 3.74. The van der Waals surface area contributed by atoms with E-state index in [4.69, 9.17) is 11.5 Å². The van der Waals surface area contributed by atoms with Gasteiger partial charge in [-0.15, -0.1) is 0 Å². The van der Waals surface area contributed by atoms with E-state index in [9.17, 15) is 29.4 Å². The minimum absolute atomic E-state index is 0.0679. The summed E-state index contributed by atoms with van der Waals surface area (Å²) in [4.78, 5) is 38.6. The quantitative estimate of drug-likeness (QED) is 0.127. The minimum atomic E-state index is -1.63. The fourth-order valence-electron chi connectivity index (χ4n) is 0.747. The van der Waals surface area contributed by atoms with Crippen molar-refractivity contribution in [1.29, 1.82) is 0 Å². The van der Waals surface area contributed by atoms with E-state index in [1.54, 1.807) is 0 Å². The van der Waals surface area contributed by atoms with E-state index in [1.165, 1.54) is 0 Å². The van der Waals surface area contributed by atoms with E-state index in [0.717, 1.165) is 12.6 Å². The van der Waals surface area contributed by atoms with E-state index < -0.39 is 18.4 Å². The van der Waals surface area contributed by atoms with Crippen LogP contribution in [0.5, 0.6) is 0 Å².